The van der Waals surface area contributed by atoms with E-state index in [1.165, 1.54) is 13.4 Å². The second-order valence-corrected chi connectivity index (χ2v) is 4.17. The number of aliphatic hydroxyl groups excluding tert-OH is 1. The van der Waals surface area contributed by atoms with Gasteiger partial charge in [0, 0.05) is 6.54 Å². The molecule has 0 aromatic carbocycles. The smallest absolute Gasteiger partial charge is 0.203 e. The van der Waals surface area contributed by atoms with E-state index in [4.69, 9.17) is 10.5 Å². The first kappa shape index (κ1) is 14.5. The number of hydrogen-bond acceptors (Lipinski definition) is 6. The van der Waals surface area contributed by atoms with Gasteiger partial charge < -0.3 is 20.9 Å². The fourth-order valence-corrected chi connectivity index (χ4v) is 1.92. The van der Waals surface area contributed by atoms with Crippen LogP contribution in [0.3, 0.4) is 0 Å². The summed E-state index contributed by atoms with van der Waals surface area (Å²) < 4.78 is 5.13. The van der Waals surface area contributed by atoms with Crippen LogP contribution in [0.15, 0.2) is 6.33 Å². The molecule has 0 aliphatic heterocycles. The number of rotatable bonds is 7. The highest BCUT2D eigenvalue weighted by Crippen LogP contribution is 2.26. The van der Waals surface area contributed by atoms with Crippen LogP contribution in [-0.2, 0) is 0 Å². The highest BCUT2D eigenvalue weighted by atomic mass is 16.5. The van der Waals surface area contributed by atoms with Gasteiger partial charge in [0.25, 0.3) is 0 Å². The largest absolute Gasteiger partial charge is 0.490 e. The third kappa shape index (κ3) is 3.46. The third-order valence-corrected chi connectivity index (χ3v) is 3.11. The third-order valence-electron chi connectivity index (χ3n) is 3.11. The quantitative estimate of drug-likeness (QED) is 0.678. The molecule has 6 heteroatoms. The van der Waals surface area contributed by atoms with E-state index in [2.05, 4.69) is 29.1 Å². The van der Waals surface area contributed by atoms with Crippen molar-refractivity contribution in [1.82, 2.24) is 9.97 Å². The monoisotopic (exact) mass is 254 g/mol. The molecule has 1 heterocycles. The predicted molar refractivity (Wildman–Crippen MR) is 71.6 cm³/mol. The Kier molecular flexibility index (Phi) is 5.64. The molecule has 0 aliphatic rings. The number of nitrogens with zero attached hydrogens (tertiary/aromatic N) is 2. The molecule has 0 spiro atoms. The lowest BCUT2D eigenvalue weighted by atomic mass is 9.96. The Morgan fingerprint density at radius 2 is 2.06 bits per heavy atom. The maximum absolute atomic E-state index is 10.0. The Morgan fingerprint density at radius 1 is 1.39 bits per heavy atom. The van der Waals surface area contributed by atoms with Gasteiger partial charge in [-0.2, -0.15) is 0 Å². The molecule has 1 atom stereocenters. The Morgan fingerprint density at radius 3 is 2.61 bits per heavy atom. The van der Waals surface area contributed by atoms with Crippen molar-refractivity contribution in [3.8, 4) is 5.75 Å². The lowest BCUT2D eigenvalue weighted by Crippen LogP contribution is -2.28. The van der Waals surface area contributed by atoms with E-state index < -0.39 is 6.10 Å². The van der Waals surface area contributed by atoms with Crippen molar-refractivity contribution in [3.05, 3.63) is 6.33 Å². The van der Waals surface area contributed by atoms with E-state index in [1.54, 1.807) is 0 Å². The molecule has 1 aromatic rings. The number of aromatic nitrogens is 2. The summed E-state index contributed by atoms with van der Waals surface area (Å²) in [7, 11) is 1.51. The van der Waals surface area contributed by atoms with Gasteiger partial charge in [-0.05, 0) is 5.92 Å². The summed E-state index contributed by atoms with van der Waals surface area (Å²) in [6, 6.07) is 0. The van der Waals surface area contributed by atoms with Gasteiger partial charge in [0.1, 0.15) is 6.33 Å². The van der Waals surface area contributed by atoms with Crippen molar-refractivity contribution < 1.29 is 9.84 Å². The molecule has 0 aliphatic carbocycles. The van der Waals surface area contributed by atoms with Crippen LogP contribution in [0.2, 0.25) is 0 Å². The lowest BCUT2D eigenvalue weighted by Gasteiger charge is -2.21. The highest BCUT2D eigenvalue weighted by Gasteiger charge is 2.17. The van der Waals surface area contributed by atoms with Gasteiger partial charge in [0.15, 0.2) is 11.6 Å². The second kappa shape index (κ2) is 7.00. The number of anilines is 2. The maximum atomic E-state index is 10.0. The summed E-state index contributed by atoms with van der Waals surface area (Å²) in [4.78, 5) is 7.90. The molecule has 0 radical (unpaired) electrons. The Labute approximate surface area is 108 Å². The van der Waals surface area contributed by atoms with Gasteiger partial charge >= 0.3 is 0 Å². The molecule has 1 unspecified atom stereocenters. The standard InChI is InChI=1S/C12H22N4O2/c1-4-8(5-2)9(17)6-14-12-10(18-3)11(13)15-7-16-12/h7-9,17H,4-6H2,1-3H3,(H3,13,14,15,16). The molecule has 0 saturated carbocycles. The number of nitrogen functional groups attached to an aromatic ring is 1. The van der Waals surface area contributed by atoms with Crippen LogP contribution in [0.4, 0.5) is 11.6 Å². The fraction of sp³-hybridized carbons (Fsp3) is 0.667. The summed E-state index contributed by atoms with van der Waals surface area (Å²) in [5.41, 5.74) is 5.67. The average Bonchev–Trinajstić information content (AvgIpc) is 2.37. The minimum Gasteiger partial charge on any atom is -0.490 e. The first-order valence-electron chi connectivity index (χ1n) is 6.20. The van der Waals surface area contributed by atoms with Crippen molar-refractivity contribution in [2.45, 2.75) is 32.8 Å². The zero-order chi connectivity index (χ0) is 13.5. The molecule has 0 fully saturated rings. The van der Waals surface area contributed by atoms with E-state index in [0.29, 0.717) is 18.1 Å². The van der Waals surface area contributed by atoms with E-state index >= 15 is 0 Å². The van der Waals surface area contributed by atoms with Gasteiger partial charge in [-0.15, -0.1) is 0 Å². The van der Waals surface area contributed by atoms with Crippen molar-refractivity contribution in [2.75, 3.05) is 24.7 Å². The Hall–Kier alpha value is -1.56. The van der Waals surface area contributed by atoms with Crippen LogP contribution in [0.1, 0.15) is 26.7 Å². The van der Waals surface area contributed by atoms with Crippen molar-refractivity contribution in [2.24, 2.45) is 5.92 Å². The summed E-state index contributed by atoms with van der Waals surface area (Å²) in [5, 5.41) is 13.1. The van der Waals surface area contributed by atoms with Gasteiger partial charge in [-0.25, -0.2) is 9.97 Å². The second-order valence-electron chi connectivity index (χ2n) is 4.17. The molecule has 0 bridgehead atoms. The minimum absolute atomic E-state index is 0.280. The topological polar surface area (TPSA) is 93.3 Å². The maximum Gasteiger partial charge on any atom is 0.203 e. The Balaban J connectivity index is 2.66. The van der Waals surface area contributed by atoms with Gasteiger partial charge in [0.05, 0.1) is 13.2 Å². The zero-order valence-electron chi connectivity index (χ0n) is 11.2. The molecule has 102 valence electrons. The van der Waals surface area contributed by atoms with E-state index in [9.17, 15) is 5.11 Å². The van der Waals surface area contributed by atoms with Crippen LogP contribution < -0.4 is 15.8 Å². The molecule has 1 rings (SSSR count). The van der Waals surface area contributed by atoms with Crippen LogP contribution in [-0.4, -0.2) is 34.8 Å². The number of aliphatic hydroxyl groups is 1. The zero-order valence-corrected chi connectivity index (χ0v) is 11.2. The first-order valence-corrected chi connectivity index (χ1v) is 6.20. The van der Waals surface area contributed by atoms with Crippen molar-refractivity contribution >= 4 is 11.6 Å². The number of hydrogen-bond donors (Lipinski definition) is 3. The van der Waals surface area contributed by atoms with Gasteiger partial charge in [-0.1, -0.05) is 26.7 Å². The van der Waals surface area contributed by atoms with Crippen molar-refractivity contribution in [1.29, 1.82) is 0 Å². The average molecular weight is 254 g/mol. The number of nitrogens with one attached hydrogen (secondary N) is 1. The minimum atomic E-state index is -0.416. The van der Waals surface area contributed by atoms with E-state index in [-0.39, 0.29) is 11.7 Å². The fourth-order valence-electron chi connectivity index (χ4n) is 1.92. The molecule has 18 heavy (non-hydrogen) atoms. The van der Waals surface area contributed by atoms with E-state index in [1.807, 2.05) is 0 Å². The number of nitrogens with two attached hydrogens (primary N) is 1. The van der Waals surface area contributed by atoms with Gasteiger partial charge in [0.2, 0.25) is 5.75 Å². The Bertz CT molecular complexity index is 369. The molecule has 6 nitrogen and oxygen atoms in total. The van der Waals surface area contributed by atoms with Gasteiger partial charge in [-0.3, -0.25) is 0 Å². The van der Waals surface area contributed by atoms with Crippen molar-refractivity contribution in [3.63, 3.8) is 0 Å². The molecular formula is C12H22N4O2. The molecule has 0 amide bonds. The molecule has 0 saturated heterocycles. The lowest BCUT2D eigenvalue weighted by molar-refractivity contribution is 0.114. The highest BCUT2D eigenvalue weighted by molar-refractivity contribution is 5.61. The van der Waals surface area contributed by atoms with Crippen LogP contribution in [0.5, 0.6) is 5.75 Å². The molecule has 4 N–H and O–H groups in total. The normalized spacial score (nSPS) is 12.5. The molecule has 1 aromatic heterocycles. The number of methoxy groups -OCH3 is 1. The van der Waals surface area contributed by atoms with Crippen LogP contribution in [0, 0.1) is 5.92 Å². The summed E-state index contributed by atoms with van der Waals surface area (Å²) in [6.07, 6.45) is 2.84. The number of ether oxygens (including phenoxy) is 1. The summed E-state index contributed by atoms with van der Waals surface area (Å²) >= 11 is 0. The summed E-state index contributed by atoms with van der Waals surface area (Å²) in [5.74, 6) is 1.49. The van der Waals surface area contributed by atoms with E-state index in [0.717, 1.165) is 12.8 Å². The molecular weight excluding hydrogens is 232 g/mol. The predicted octanol–water partition coefficient (Wildman–Crippen LogP) is 1.28. The van der Waals surface area contributed by atoms with Crippen LogP contribution in [0.25, 0.3) is 0 Å². The summed E-state index contributed by atoms with van der Waals surface area (Å²) in [6.45, 7) is 4.56. The SMILES string of the molecule is CCC(CC)C(O)CNc1ncnc(N)c1OC. The first-order chi connectivity index (χ1) is 8.63. The van der Waals surface area contributed by atoms with Crippen LogP contribution >= 0.6 is 0 Å².